The summed E-state index contributed by atoms with van der Waals surface area (Å²) in [5, 5.41) is 0. The molecule has 2 aliphatic rings. The third-order valence-corrected chi connectivity index (χ3v) is 15.0. The summed E-state index contributed by atoms with van der Waals surface area (Å²) in [5.74, 6) is 0.847. The third kappa shape index (κ3) is 5.49. The number of carbonyl (C=O) groups excluding carboxylic acids is 2. The van der Waals surface area contributed by atoms with Crippen LogP contribution in [-0.4, -0.2) is 51.0 Å². The fourth-order valence-corrected chi connectivity index (χ4v) is 12.2. The van der Waals surface area contributed by atoms with Gasteiger partial charge in [-0.05, 0) is 54.1 Å². The van der Waals surface area contributed by atoms with Crippen LogP contribution in [0.5, 0.6) is 11.5 Å². The molecular weight excluding hydrogens is 544 g/mol. The topological polar surface area (TPSA) is 68.3 Å². The molecule has 4 rings (SSSR count). The molecular formula is C34H46N2O5Si. The van der Waals surface area contributed by atoms with E-state index in [1.807, 2.05) is 19.2 Å². The predicted molar refractivity (Wildman–Crippen MR) is 172 cm³/mol. The molecule has 7 nitrogen and oxygen atoms in total. The van der Waals surface area contributed by atoms with Gasteiger partial charge in [0.2, 0.25) is 0 Å². The lowest BCUT2D eigenvalue weighted by Gasteiger charge is -2.42. The Bertz CT molecular complexity index is 1340. The Balaban J connectivity index is 1.89. The highest BCUT2D eigenvalue weighted by Crippen LogP contribution is 2.48. The van der Waals surface area contributed by atoms with E-state index in [0.29, 0.717) is 45.8 Å². The van der Waals surface area contributed by atoms with Crippen LogP contribution in [0.4, 0.5) is 10.5 Å². The van der Waals surface area contributed by atoms with E-state index < -0.39 is 14.4 Å². The Morgan fingerprint density at radius 3 is 2.21 bits per heavy atom. The van der Waals surface area contributed by atoms with Crippen LogP contribution in [0.2, 0.25) is 16.6 Å². The van der Waals surface area contributed by atoms with Gasteiger partial charge in [-0.3, -0.25) is 9.69 Å². The number of methoxy groups -OCH3 is 1. The molecule has 2 heterocycles. The number of aryl methyl sites for hydroxylation is 1. The van der Waals surface area contributed by atoms with Crippen molar-refractivity contribution in [3.05, 3.63) is 71.9 Å². The van der Waals surface area contributed by atoms with Crippen LogP contribution < -0.4 is 14.1 Å². The molecule has 2 atom stereocenters. The summed E-state index contributed by atoms with van der Waals surface area (Å²) in [5.41, 5.74) is 5.10. The molecule has 42 heavy (non-hydrogen) atoms. The Labute approximate surface area is 252 Å². The summed E-state index contributed by atoms with van der Waals surface area (Å²) < 4.78 is 18.5. The molecule has 1 unspecified atom stereocenters. The molecule has 226 valence electrons. The first-order chi connectivity index (χ1) is 19.9. The SMILES string of the molecule is C=CCOC(=O)N1c2cc(O[Si](C(C)C)(C(C)C)C(C)C)c(OC)cc2C(=O)N2C=C(c3ccc(C)cc3)C[C@H]2C1C. The summed E-state index contributed by atoms with van der Waals surface area (Å²) in [6, 6.07) is 11.2. The molecule has 0 aromatic heterocycles. The second-order valence-corrected chi connectivity index (χ2v) is 17.8. The van der Waals surface area contributed by atoms with Crippen molar-refractivity contribution in [3.63, 3.8) is 0 Å². The molecule has 2 aromatic carbocycles. The van der Waals surface area contributed by atoms with E-state index in [-0.39, 0.29) is 24.6 Å². The highest BCUT2D eigenvalue weighted by Gasteiger charge is 2.49. The largest absolute Gasteiger partial charge is 0.540 e. The second kappa shape index (κ2) is 12.4. The normalized spacial score (nSPS) is 18.6. The lowest BCUT2D eigenvalue weighted by molar-refractivity contribution is 0.0777. The van der Waals surface area contributed by atoms with E-state index in [9.17, 15) is 9.59 Å². The number of benzene rings is 2. The summed E-state index contributed by atoms with van der Waals surface area (Å²) in [6.07, 6.45) is 3.56. The minimum absolute atomic E-state index is 0.0656. The number of ether oxygens (including phenoxy) is 2. The van der Waals surface area contributed by atoms with Crippen molar-refractivity contribution >= 4 is 31.6 Å². The number of rotatable bonds is 9. The van der Waals surface area contributed by atoms with E-state index in [4.69, 9.17) is 13.9 Å². The average Bonchev–Trinajstić information content (AvgIpc) is 3.37. The fourth-order valence-electron chi connectivity index (χ4n) is 6.91. The van der Waals surface area contributed by atoms with Gasteiger partial charge in [0.15, 0.2) is 5.75 Å². The molecule has 0 spiro atoms. The minimum atomic E-state index is -2.38. The molecule has 0 saturated heterocycles. The van der Waals surface area contributed by atoms with Gasteiger partial charge in [-0.15, -0.1) is 0 Å². The van der Waals surface area contributed by atoms with Gasteiger partial charge in [0.05, 0.1) is 30.4 Å². The molecule has 0 aliphatic carbocycles. The number of carbonyl (C=O) groups is 2. The van der Waals surface area contributed by atoms with Crippen LogP contribution in [0.15, 0.2) is 55.3 Å². The third-order valence-electron chi connectivity index (χ3n) is 8.99. The van der Waals surface area contributed by atoms with Gasteiger partial charge in [0.1, 0.15) is 12.4 Å². The van der Waals surface area contributed by atoms with Gasteiger partial charge in [-0.25, -0.2) is 4.79 Å². The van der Waals surface area contributed by atoms with E-state index >= 15 is 0 Å². The predicted octanol–water partition coefficient (Wildman–Crippen LogP) is 8.34. The maximum absolute atomic E-state index is 14.3. The van der Waals surface area contributed by atoms with Crippen molar-refractivity contribution in [1.82, 2.24) is 4.90 Å². The van der Waals surface area contributed by atoms with Crippen LogP contribution in [0.25, 0.3) is 5.57 Å². The van der Waals surface area contributed by atoms with Crippen molar-refractivity contribution in [2.24, 2.45) is 0 Å². The van der Waals surface area contributed by atoms with E-state index in [0.717, 1.165) is 11.1 Å². The molecule has 0 radical (unpaired) electrons. The summed E-state index contributed by atoms with van der Waals surface area (Å²) in [6.45, 7) is 21.1. The summed E-state index contributed by atoms with van der Waals surface area (Å²) >= 11 is 0. The molecule has 2 aromatic rings. The number of nitrogens with zero attached hydrogens (tertiary/aromatic N) is 2. The second-order valence-electron chi connectivity index (χ2n) is 12.4. The van der Waals surface area contributed by atoms with Gasteiger partial charge in [-0.2, -0.15) is 0 Å². The molecule has 8 heteroatoms. The number of hydrogen-bond donors (Lipinski definition) is 0. The van der Waals surface area contributed by atoms with Crippen molar-refractivity contribution in [1.29, 1.82) is 0 Å². The summed E-state index contributed by atoms with van der Waals surface area (Å²) in [4.78, 5) is 31.3. The standard InChI is InChI=1S/C34H46N2O5Si/c1-11-16-40-34(38)36-25(9)29-17-27(26-14-12-24(8)13-15-26)20-35(29)33(37)28-18-31(39-10)32(19-30(28)36)41-42(21(2)3,22(4)5)23(6)7/h11-15,18-23,25,29H,1,16-17H2,2-10H3/t25?,29-/m0/s1. The minimum Gasteiger partial charge on any atom is -0.540 e. The molecule has 0 bridgehead atoms. The molecule has 2 aliphatic heterocycles. The van der Waals surface area contributed by atoms with Crippen LogP contribution >= 0.6 is 0 Å². The van der Waals surface area contributed by atoms with Gasteiger partial charge in [0, 0.05) is 12.3 Å². The van der Waals surface area contributed by atoms with E-state index in [2.05, 4.69) is 79.3 Å². The fraction of sp³-hybridized carbons (Fsp3) is 0.471. The smallest absolute Gasteiger partial charge is 0.414 e. The number of anilines is 1. The monoisotopic (exact) mass is 590 g/mol. The lowest BCUT2D eigenvalue weighted by atomic mass is 9.97. The van der Waals surface area contributed by atoms with Gasteiger partial charge < -0.3 is 18.8 Å². The van der Waals surface area contributed by atoms with Crippen LogP contribution in [0.3, 0.4) is 0 Å². The highest BCUT2D eigenvalue weighted by molar-refractivity contribution is 6.78. The van der Waals surface area contributed by atoms with Crippen LogP contribution in [0.1, 0.15) is 76.4 Å². The van der Waals surface area contributed by atoms with Crippen LogP contribution in [-0.2, 0) is 4.74 Å². The van der Waals surface area contributed by atoms with E-state index in [1.54, 1.807) is 29.1 Å². The van der Waals surface area contributed by atoms with Gasteiger partial charge in [-0.1, -0.05) is 84.0 Å². The molecule has 2 amide bonds. The molecule has 0 fully saturated rings. The van der Waals surface area contributed by atoms with Crippen molar-refractivity contribution < 1.29 is 23.5 Å². The maximum Gasteiger partial charge on any atom is 0.414 e. The average molecular weight is 591 g/mol. The van der Waals surface area contributed by atoms with Gasteiger partial charge in [0.25, 0.3) is 14.2 Å². The van der Waals surface area contributed by atoms with E-state index in [1.165, 1.54) is 5.56 Å². The van der Waals surface area contributed by atoms with Gasteiger partial charge >= 0.3 is 6.09 Å². The summed E-state index contributed by atoms with van der Waals surface area (Å²) in [7, 11) is -0.795. The first-order valence-corrected chi connectivity index (χ1v) is 17.1. The number of hydrogen-bond acceptors (Lipinski definition) is 5. The first-order valence-electron chi connectivity index (χ1n) is 15.0. The zero-order valence-electron chi connectivity index (χ0n) is 26.6. The van der Waals surface area contributed by atoms with Crippen molar-refractivity contribution in [2.45, 2.75) is 90.5 Å². The zero-order valence-corrected chi connectivity index (χ0v) is 27.6. The Hall–Kier alpha value is -3.52. The van der Waals surface area contributed by atoms with Crippen molar-refractivity contribution in [2.75, 3.05) is 18.6 Å². The van der Waals surface area contributed by atoms with Crippen LogP contribution in [0, 0.1) is 6.92 Å². The Morgan fingerprint density at radius 1 is 1.05 bits per heavy atom. The molecule has 0 saturated carbocycles. The Kier molecular flexibility index (Phi) is 9.26. The molecule has 0 N–H and O–H groups in total. The number of fused-ring (bicyclic) bond motifs is 2. The highest BCUT2D eigenvalue weighted by atomic mass is 28.4. The lowest BCUT2D eigenvalue weighted by Crippen LogP contribution is -2.51. The number of amides is 2. The van der Waals surface area contributed by atoms with Crippen molar-refractivity contribution in [3.8, 4) is 11.5 Å². The maximum atomic E-state index is 14.3. The first kappa shape index (κ1) is 31.4. The Morgan fingerprint density at radius 2 is 1.67 bits per heavy atom. The zero-order chi connectivity index (χ0) is 30.9. The quantitative estimate of drug-likeness (QED) is 0.217.